The van der Waals surface area contributed by atoms with Crippen molar-refractivity contribution in [3.05, 3.63) is 71.3 Å². The maximum atomic E-state index is 12.4. The molecule has 1 heterocycles. The van der Waals surface area contributed by atoms with E-state index < -0.39 is 28.4 Å². The summed E-state index contributed by atoms with van der Waals surface area (Å²) in [4.78, 5) is 25.5. The minimum Gasteiger partial charge on any atom is -0.725 e. The molecular weight excluding hydrogens is 345 g/mol. The fraction of sp³-hybridized carbons (Fsp3) is 0.0667. The number of benzene rings is 2. The molecule has 1 aliphatic rings. The van der Waals surface area contributed by atoms with Crippen molar-refractivity contribution in [1.29, 1.82) is 0 Å². The topological polar surface area (TPSA) is 104 Å². The minimum absolute atomic E-state index is 0. The molecule has 0 spiro atoms. The quantitative estimate of drug-likeness (QED) is 0.285. The van der Waals surface area contributed by atoms with Crippen LogP contribution in [-0.4, -0.2) is 29.7 Å². The summed E-state index contributed by atoms with van der Waals surface area (Å²) in [6.07, 6.45) is -1.65. The molecule has 0 radical (unpaired) electrons. The third kappa shape index (κ3) is 3.59. The molecule has 1 unspecified atom stereocenters. The van der Waals surface area contributed by atoms with Gasteiger partial charge in [-0.3, -0.25) is 9.59 Å². The summed E-state index contributed by atoms with van der Waals surface area (Å²) in [6.45, 7) is 0. The summed E-state index contributed by atoms with van der Waals surface area (Å²) < 4.78 is 37.6. The fourth-order valence-corrected chi connectivity index (χ4v) is 2.82. The molecular formula is C15H10NNaO6S. The van der Waals surface area contributed by atoms with Crippen molar-refractivity contribution in [2.24, 2.45) is 0 Å². The molecule has 24 heavy (non-hydrogen) atoms. The first-order chi connectivity index (χ1) is 10.9. The van der Waals surface area contributed by atoms with Crippen molar-refractivity contribution in [2.75, 3.05) is 0 Å². The van der Waals surface area contributed by atoms with Crippen LogP contribution in [-0.2, 0) is 14.6 Å². The summed E-state index contributed by atoms with van der Waals surface area (Å²) in [6, 6.07) is 13.8. The van der Waals surface area contributed by atoms with E-state index in [1.165, 1.54) is 24.3 Å². The van der Waals surface area contributed by atoms with Gasteiger partial charge in [0.1, 0.15) is 0 Å². The van der Waals surface area contributed by atoms with Gasteiger partial charge in [-0.2, -0.15) is 0 Å². The van der Waals surface area contributed by atoms with Crippen LogP contribution >= 0.6 is 0 Å². The summed E-state index contributed by atoms with van der Waals surface area (Å²) in [7, 11) is -5.14. The standard InChI is InChI=1S/C15H11NO6S.Na/c17-13-11-8-4-5-9-12(11)14(18)16(13)15(22-23(19,20)21)10-6-2-1-3-7-10;/h1-9,15H,(H,19,20,21);/q;+1/p-1. The van der Waals surface area contributed by atoms with Gasteiger partial charge in [0.05, 0.1) is 11.1 Å². The van der Waals surface area contributed by atoms with Crippen molar-refractivity contribution in [3.63, 3.8) is 0 Å². The second-order valence-corrected chi connectivity index (χ2v) is 5.80. The Morgan fingerprint density at radius 2 is 1.33 bits per heavy atom. The Hall–Kier alpha value is -1.55. The number of fused-ring (bicyclic) bond motifs is 1. The number of hydrogen-bond acceptors (Lipinski definition) is 6. The molecule has 1 atom stereocenters. The van der Waals surface area contributed by atoms with E-state index in [-0.39, 0.29) is 46.2 Å². The zero-order valence-corrected chi connectivity index (χ0v) is 15.4. The molecule has 118 valence electrons. The molecule has 0 bridgehead atoms. The van der Waals surface area contributed by atoms with E-state index in [2.05, 4.69) is 4.18 Å². The first kappa shape index (κ1) is 18.8. The maximum Gasteiger partial charge on any atom is 1.00 e. The van der Waals surface area contributed by atoms with Crippen LogP contribution < -0.4 is 29.6 Å². The third-order valence-corrected chi connectivity index (χ3v) is 3.77. The Kier molecular flexibility index (Phi) is 5.59. The molecule has 2 aromatic rings. The minimum atomic E-state index is -5.14. The molecule has 0 aliphatic carbocycles. The second-order valence-electron chi connectivity index (χ2n) is 4.79. The van der Waals surface area contributed by atoms with Gasteiger partial charge in [0, 0.05) is 5.56 Å². The Labute approximate surface area is 160 Å². The summed E-state index contributed by atoms with van der Waals surface area (Å²) in [5.41, 5.74) is 0.456. The van der Waals surface area contributed by atoms with Crippen LogP contribution in [0.2, 0.25) is 0 Å². The smallest absolute Gasteiger partial charge is 0.725 e. The van der Waals surface area contributed by atoms with Crippen molar-refractivity contribution in [3.8, 4) is 0 Å². The predicted octanol–water partition coefficient (Wildman–Crippen LogP) is -1.54. The molecule has 0 aromatic heterocycles. The Balaban J connectivity index is 0.00000208. The molecule has 2 amide bonds. The number of imide groups is 1. The van der Waals surface area contributed by atoms with Gasteiger partial charge in [-0.1, -0.05) is 42.5 Å². The Morgan fingerprint density at radius 1 is 0.875 bits per heavy atom. The van der Waals surface area contributed by atoms with Crippen LogP contribution in [0.1, 0.15) is 32.5 Å². The average molecular weight is 355 g/mol. The normalized spacial score (nSPS) is 15.0. The zero-order valence-electron chi connectivity index (χ0n) is 12.6. The maximum absolute atomic E-state index is 12.4. The number of hydrogen-bond donors (Lipinski definition) is 0. The Morgan fingerprint density at radius 3 is 1.79 bits per heavy atom. The molecule has 0 N–H and O–H groups in total. The predicted molar refractivity (Wildman–Crippen MR) is 76.9 cm³/mol. The van der Waals surface area contributed by atoms with Gasteiger partial charge in [0.2, 0.25) is 10.4 Å². The van der Waals surface area contributed by atoms with Crippen LogP contribution in [0.15, 0.2) is 54.6 Å². The monoisotopic (exact) mass is 355 g/mol. The summed E-state index contributed by atoms with van der Waals surface area (Å²) in [5.74, 6) is -1.44. The molecule has 0 saturated carbocycles. The molecule has 0 fully saturated rings. The van der Waals surface area contributed by atoms with Crippen LogP contribution in [0.25, 0.3) is 0 Å². The van der Waals surface area contributed by atoms with E-state index in [0.29, 0.717) is 4.90 Å². The van der Waals surface area contributed by atoms with Crippen LogP contribution in [0.3, 0.4) is 0 Å². The average Bonchev–Trinajstić information content (AvgIpc) is 2.77. The van der Waals surface area contributed by atoms with Gasteiger partial charge in [-0.25, -0.2) is 17.5 Å². The first-order valence-corrected chi connectivity index (χ1v) is 7.88. The SMILES string of the molecule is O=C1c2ccccc2C(=O)N1C(OS(=O)(=O)[O-])c1ccccc1.[Na+]. The van der Waals surface area contributed by atoms with E-state index in [0.717, 1.165) is 0 Å². The number of amides is 2. The van der Waals surface area contributed by atoms with Crippen molar-refractivity contribution < 1.29 is 56.3 Å². The molecule has 3 rings (SSSR count). The third-order valence-electron chi connectivity index (χ3n) is 3.35. The summed E-state index contributed by atoms with van der Waals surface area (Å²) in [5, 5.41) is 0. The van der Waals surface area contributed by atoms with E-state index in [4.69, 9.17) is 0 Å². The van der Waals surface area contributed by atoms with E-state index in [1.807, 2.05) is 0 Å². The Bertz CT molecular complexity index is 849. The molecule has 0 saturated heterocycles. The van der Waals surface area contributed by atoms with Crippen molar-refractivity contribution in [2.45, 2.75) is 6.23 Å². The fourth-order valence-electron chi connectivity index (χ4n) is 2.40. The number of carbonyl (C=O) groups excluding carboxylic acids is 2. The van der Waals surface area contributed by atoms with Crippen LogP contribution in [0, 0.1) is 0 Å². The number of nitrogens with zero attached hydrogens (tertiary/aromatic N) is 1. The van der Waals surface area contributed by atoms with Gasteiger partial charge >= 0.3 is 29.6 Å². The molecule has 2 aromatic carbocycles. The number of carbonyl (C=O) groups is 2. The number of rotatable bonds is 4. The van der Waals surface area contributed by atoms with E-state index in [1.54, 1.807) is 30.3 Å². The summed E-state index contributed by atoms with van der Waals surface area (Å²) >= 11 is 0. The van der Waals surface area contributed by atoms with Crippen LogP contribution in [0.4, 0.5) is 0 Å². The van der Waals surface area contributed by atoms with Crippen molar-refractivity contribution in [1.82, 2.24) is 4.90 Å². The van der Waals surface area contributed by atoms with Crippen LogP contribution in [0.5, 0.6) is 0 Å². The van der Waals surface area contributed by atoms with Gasteiger partial charge in [0.25, 0.3) is 11.8 Å². The van der Waals surface area contributed by atoms with E-state index >= 15 is 0 Å². The van der Waals surface area contributed by atoms with E-state index in [9.17, 15) is 22.6 Å². The zero-order chi connectivity index (χ0) is 16.6. The van der Waals surface area contributed by atoms with Gasteiger partial charge < -0.3 is 4.55 Å². The molecule has 1 aliphatic heterocycles. The largest absolute Gasteiger partial charge is 1.00 e. The molecule has 9 heteroatoms. The van der Waals surface area contributed by atoms with Gasteiger partial charge in [0.15, 0.2) is 6.23 Å². The second kappa shape index (κ2) is 7.14. The van der Waals surface area contributed by atoms with Gasteiger partial charge in [-0.05, 0) is 12.1 Å². The van der Waals surface area contributed by atoms with Gasteiger partial charge in [-0.15, -0.1) is 0 Å². The van der Waals surface area contributed by atoms with Crippen molar-refractivity contribution >= 4 is 22.2 Å². The molecule has 7 nitrogen and oxygen atoms in total. The first-order valence-electron chi connectivity index (χ1n) is 6.54.